The van der Waals surface area contributed by atoms with E-state index in [4.69, 9.17) is 0 Å². The first-order valence-corrected chi connectivity index (χ1v) is 9.39. The second-order valence-corrected chi connectivity index (χ2v) is 7.49. The number of nitrogens with zero attached hydrogens (tertiary/aromatic N) is 2. The Morgan fingerprint density at radius 3 is 2.67 bits per heavy atom. The van der Waals surface area contributed by atoms with Gasteiger partial charge in [-0.25, -0.2) is 0 Å². The molecular formula is C22H28N2. The van der Waals surface area contributed by atoms with E-state index >= 15 is 0 Å². The summed E-state index contributed by atoms with van der Waals surface area (Å²) in [5.74, 6) is 0.609. The molecule has 4 rings (SSSR count). The Labute approximate surface area is 146 Å². The fraction of sp³-hybridized carbons (Fsp3) is 0.455. The molecule has 0 spiro atoms. The van der Waals surface area contributed by atoms with E-state index < -0.39 is 0 Å². The summed E-state index contributed by atoms with van der Waals surface area (Å²) < 4.78 is 0. The smallest absolute Gasteiger partial charge is 0.0402 e. The zero-order valence-corrected chi connectivity index (χ0v) is 15.1. The Balaban J connectivity index is 1.64. The number of hydrogen-bond acceptors (Lipinski definition) is 2. The van der Waals surface area contributed by atoms with Crippen LogP contribution < -0.4 is 9.80 Å². The second-order valence-electron chi connectivity index (χ2n) is 7.49. The van der Waals surface area contributed by atoms with E-state index in [-0.39, 0.29) is 0 Å². The molecule has 0 radical (unpaired) electrons. The van der Waals surface area contributed by atoms with Gasteiger partial charge < -0.3 is 9.80 Å². The highest BCUT2D eigenvalue weighted by Gasteiger charge is 2.27. The Bertz CT molecular complexity index is 734. The van der Waals surface area contributed by atoms with Crippen molar-refractivity contribution < 1.29 is 0 Å². The fourth-order valence-electron chi connectivity index (χ4n) is 4.45. The van der Waals surface area contributed by atoms with Crippen molar-refractivity contribution in [1.82, 2.24) is 0 Å². The topological polar surface area (TPSA) is 6.48 Å². The number of hydrogen-bond donors (Lipinski definition) is 0. The Morgan fingerprint density at radius 1 is 1.04 bits per heavy atom. The van der Waals surface area contributed by atoms with E-state index in [0.29, 0.717) is 12.0 Å². The highest BCUT2D eigenvalue weighted by Crippen LogP contribution is 2.37. The van der Waals surface area contributed by atoms with Gasteiger partial charge in [-0.1, -0.05) is 30.3 Å². The van der Waals surface area contributed by atoms with Gasteiger partial charge in [0.1, 0.15) is 0 Å². The van der Waals surface area contributed by atoms with E-state index in [9.17, 15) is 0 Å². The van der Waals surface area contributed by atoms with Gasteiger partial charge in [0.25, 0.3) is 0 Å². The highest BCUT2D eigenvalue weighted by molar-refractivity contribution is 5.61. The van der Waals surface area contributed by atoms with Crippen molar-refractivity contribution in [3.05, 3.63) is 59.2 Å². The molecule has 1 unspecified atom stereocenters. The lowest BCUT2D eigenvalue weighted by molar-refractivity contribution is 0.617. The third-order valence-corrected chi connectivity index (χ3v) is 5.75. The summed E-state index contributed by atoms with van der Waals surface area (Å²) in [6.07, 6.45) is 2.36. The van der Waals surface area contributed by atoms with Crippen molar-refractivity contribution in [2.24, 2.45) is 0 Å². The molecule has 2 nitrogen and oxygen atoms in total. The van der Waals surface area contributed by atoms with Gasteiger partial charge in [-0.15, -0.1) is 0 Å². The van der Waals surface area contributed by atoms with E-state index in [1.165, 1.54) is 41.9 Å². The molecule has 2 heterocycles. The van der Waals surface area contributed by atoms with Gasteiger partial charge in [-0.05, 0) is 62.4 Å². The average molecular weight is 320 g/mol. The molecule has 0 aliphatic carbocycles. The predicted octanol–water partition coefficient (Wildman–Crippen LogP) is 4.62. The quantitative estimate of drug-likeness (QED) is 0.814. The molecule has 2 aromatic carbocycles. The summed E-state index contributed by atoms with van der Waals surface area (Å²) in [6, 6.07) is 16.8. The minimum atomic E-state index is 0.592. The molecule has 0 fully saturated rings. The van der Waals surface area contributed by atoms with Crippen LogP contribution in [0.3, 0.4) is 0 Å². The summed E-state index contributed by atoms with van der Waals surface area (Å²) in [6.45, 7) is 10.2. The Hall–Kier alpha value is -1.96. The van der Waals surface area contributed by atoms with Crippen LogP contribution in [0.5, 0.6) is 0 Å². The minimum absolute atomic E-state index is 0.592. The lowest BCUT2D eigenvalue weighted by Crippen LogP contribution is -2.34. The first-order chi connectivity index (χ1) is 11.7. The van der Waals surface area contributed by atoms with Crippen molar-refractivity contribution in [3.8, 4) is 0 Å². The van der Waals surface area contributed by atoms with E-state index in [1.54, 1.807) is 5.56 Å². The summed E-state index contributed by atoms with van der Waals surface area (Å²) in [7, 11) is 0. The molecule has 126 valence electrons. The van der Waals surface area contributed by atoms with E-state index in [1.807, 2.05) is 0 Å². The number of anilines is 2. The van der Waals surface area contributed by atoms with Gasteiger partial charge in [-0.2, -0.15) is 0 Å². The van der Waals surface area contributed by atoms with Crippen LogP contribution in [0.1, 0.15) is 43.4 Å². The van der Waals surface area contributed by atoms with Crippen LogP contribution in [0, 0.1) is 0 Å². The molecule has 2 aliphatic heterocycles. The molecule has 0 saturated carbocycles. The lowest BCUT2D eigenvalue weighted by Gasteiger charge is -2.36. The predicted molar refractivity (Wildman–Crippen MR) is 103 cm³/mol. The molecule has 2 aliphatic rings. The van der Waals surface area contributed by atoms with Gasteiger partial charge in [0.2, 0.25) is 0 Å². The summed E-state index contributed by atoms with van der Waals surface area (Å²) >= 11 is 0. The maximum atomic E-state index is 2.54. The van der Waals surface area contributed by atoms with Crippen molar-refractivity contribution in [2.45, 2.75) is 45.6 Å². The lowest BCUT2D eigenvalue weighted by atomic mass is 9.86. The molecule has 0 N–H and O–H groups in total. The molecule has 0 aromatic heterocycles. The molecule has 2 heteroatoms. The molecule has 0 amide bonds. The number of benzene rings is 2. The Morgan fingerprint density at radius 2 is 1.88 bits per heavy atom. The summed E-state index contributed by atoms with van der Waals surface area (Å²) in [5.41, 5.74) is 7.45. The number of rotatable bonds is 3. The van der Waals surface area contributed by atoms with Crippen LogP contribution in [0.25, 0.3) is 0 Å². The fourth-order valence-corrected chi connectivity index (χ4v) is 4.45. The number of fused-ring (bicyclic) bond motifs is 2. The van der Waals surface area contributed by atoms with Crippen LogP contribution in [0.4, 0.5) is 11.4 Å². The maximum absolute atomic E-state index is 2.54. The highest BCUT2D eigenvalue weighted by atomic mass is 15.2. The van der Waals surface area contributed by atoms with Crippen LogP contribution >= 0.6 is 0 Å². The van der Waals surface area contributed by atoms with Gasteiger partial charge in [0, 0.05) is 43.0 Å². The third kappa shape index (κ3) is 2.58. The third-order valence-electron chi connectivity index (χ3n) is 5.75. The first-order valence-electron chi connectivity index (χ1n) is 9.39. The molecule has 24 heavy (non-hydrogen) atoms. The molecule has 1 atom stereocenters. The van der Waals surface area contributed by atoms with Crippen molar-refractivity contribution >= 4 is 11.4 Å². The average Bonchev–Trinajstić information content (AvgIpc) is 3.04. The molecule has 0 saturated heterocycles. The van der Waals surface area contributed by atoms with E-state index in [2.05, 4.69) is 73.0 Å². The summed E-state index contributed by atoms with van der Waals surface area (Å²) in [4.78, 5) is 5.07. The van der Waals surface area contributed by atoms with E-state index in [0.717, 1.165) is 13.1 Å². The molecular weight excluding hydrogens is 292 g/mol. The summed E-state index contributed by atoms with van der Waals surface area (Å²) in [5, 5.41) is 0. The Kier molecular flexibility index (Phi) is 3.99. The van der Waals surface area contributed by atoms with Gasteiger partial charge in [-0.3, -0.25) is 0 Å². The number of likely N-dealkylation sites (N-methyl/N-ethyl adjacent to an activating group) is 1. The maximum Gasteiger partial charge on any atom is 0.0402 e. The normalized spacial score (nSPS) is 19.6. The van der Waals surface area contributed by atoms with Gasteiger partial charge >= 0.3 is 0 Å². The van der Waals surface area contributed by atoms with Crippen molar-refractivity contribution in [1.29, 1.82) is 0 Å². The standard InChI is InChI=1S/C22H28N2/c1-4-23-15-20(14-18-7-5-6-8-21(18)23)17-9-10-22-19(13-17)11-12-24(22)16(2)3/h5-10,13,16,20H,4,11-12,14-15H2,1-3H3. The zero-order valence-electron chi connectivity index (χ0n) is 15.1. The van der Waals surface area contributed by atoms with Gasteiger partial charge in [0.15, 0.2) is 0 Å². The first kappa shape index (κ1) is 15.6. The van der Waals surface area contributed by atoms with Crippen LogP contribution in [0.2, 0.25) is 0 Å². The second kappa shape index (κ2) is 6.16. The zero-order chi connectivity index (χ0) is 16.7. The van der Waals surface area contributed by atoms with Crippen molar-refractivity contribution in [2.75, 3.05) is 29.4 Å². The number of para-hydroxylation sites is 1. The van der Waals surface area contributed by atoms with Gasteiger partial charge in [0.05, 0.1) is 0 Å². The molecule has 0 bridgehead atoms. The minimum Gasteiger partial charge on any atom is -0.371 e. The van der Waals surface area contributed by atoms with Crippen LogP contribution in [-0.2, 0) is 12.8 Å². The largest absolute Gasteiger partial charge is 0.371 e. The monoisotopic (exact) mass is 320 g/mol. The van der Waals surface area contributed by atoms with Crippen LogP contribution in [-0.4, -0.2) is 25.7 Å². The van der Waals surface area contributed by atoms with Crippen molar-refractivity contribution in [3.63, 3.8) is 0 Å². The van der Waals surface area contributed by atoms with Crippen LogP contribution in [0.15, 0.2) is 42.5 Å². The SMILES string of the molecule is CCN1CC(c2ccc3c(c2)CCN3C(C)C)Cc2ccccc21. The molecule has 2 aromatic rings.